The first-order valence-electron chi connectivity index (χ1n) is 9.23. The van der Waals surface area contributed by atoms with Crippen LogP contribution in [-0.4, -0.2) is 36.9 Å². The Morgan fingerprint density at radius 3 is 2.59 bits per heavy atom. The van der Waals surface area contributed by atoms with Crippen LogP contribution in [0.5, 0.6) is 0 Å². The number of amides is 1. The summed E-state index contributed by atoms with van der Waals surface area (Å²) in [5.74, 6) is 0.285. The number of hydrogen-bond donors (Lipinski definition) is 2. The van der Waals surface area contributed by atoms with Gasteiger partial charge in [0.1, 0.15) is 0 Å². The second-order valence-electron chi connectivity index (χ2n) is 7.23. The lowest BCUT2D eigenvalue weighted by Gasteiger charge is -2.36. The molecule has 0 radical (unpaired) electrons. The van der Waals surface area contributed by atoms with Crippen LogP contribution < -0.4 is 11.1 Å². The highest BCUT2D eigenvalue weighted by molar-refractivity contribution is 6.30. The highest BCUT2D eigenvalue weighted by Crippen LogP contribution is 2.43. The van der Waals surface area contributed by atoms with E-state index in [2.05, 4.69) is 5.32 Å². The van der Waals surface area contributed by atoms with Gasteiger partial charge in [-0.2, -0.15) is 0 Å². The van der Waals surface area contributed by atoms with Crippen LogP contribution in [0.2, 0.25) is 5.02 Å². The molecule has 2 heterocycles. The lowest BCUT2D eigenvalue weighted by molar-refractivity contribution is -0.132. The quantitative estimate of drug-likeness (QED) is 0.857. The Morgan fingerprint density at radius 1 is 1.22 bits per heavy atom. The van der Waals surface area contributed by atoms with E-state index in [0.29, 0.717) is 5.02 Å². The summed E-state index contributed by atoms with van der Waals surface area (Å²) >= 11 is 6.16. The number of rotatable bonds is 3. The van der Waals surface area contributed by atoms with E-state index < -0.39 is 5.54 Å². The van der Waals surface area contributed by atoms with E-state index in [1.54, 1.807) is 7.05 Å². The molecule has 1 saturated heterocycles. The molecule has 140 valence electrons. The van der Waals surface area contributed by atoms with Crippen LogP contribution in [-0.2, 0) is 10.3 Å². The minimum absolute atomic E-state index is 0.0584. The summed E-state index contributed by atoms with van der Waals surface area (Å²) in [5.41, 5.74) is 8.00. The van der Waals surface area contributed by atoms with Gasteiger partial charge in [0.2, 0.25) is 0 Å². The molecular weight excluding hydrogens is 360 g/mol. The SMILES string of the molecule is CN1C(=O)C(c2cccc(-c3cccc(Cl)c3)c2)(C2CCCNC2)N=C1N. The van der Waals surface area contributed by atoms with Gasteiger partial charge in [-0.25, -0.2) is 4.99 Å². The van der Waals surface area contributed by atoms with E-state index >= 15 is 0 Å². The summed E-state index contributed by atoms with van der Waals surface area (Å²) in [6.07, 6.45) is 1.96. The van der Waals surface area contributed by atoms with E-state index in [-0.39, 0.29) is 17.8 Å². The Balaban J connectivity index is 1.84. The highest BCUT2D eigenvalue weighted by Gasteiger charge is 2.53. The first-order valence-corrected chi connectivity index (χ1v) is 9.61. The zero-order valence-corrected chi connectivity index (χ0v) is 16.0. The Bertz CT molecular complexity index is 907. The maximum Gasteiger partial charge on any atom is 0.262 e. The molecular formula is C21H23ClN4O. The minimum Gasteiger partial charge on any atom is -0.369 e. The van der Waals surface area contributed by atoms with E-state index in [9.17, 15) is 4.79 Å². The normalized spacial score (nSPS) is 25.6. The zero-order chi connectivity index (χ0) is 19.0. The number of nitrogens with zero attached hydrogens (tertiary/aromatic N) is 2. The van der Waals surface area contributed by atoms with E-state index in [1.807, 2.05) is 48.5 Å². The molecule has 0 aromatic heterocycles. The first kappa shape index (κ1) is 18.0. The third-order valence-corrected chi connectivity index (χ3v) is 5.85. The van der Waals surface area contributed by atoms with Gasteiger partial charge in [-0.1, -0.05) is 41.9 Å². The summed E-state index contributed by atoms with van der Waals surface area (Å²) in [6.45, 7) is 1.72. The number of carbonyl (C=O) groups is 1. The molecule has 2 aromatic carbocycles. The Labute approximate surface area is 164 Å². The lowest BCUT2D eigenvalue weighted by Crippen LogP contribution is -2.49. The molecule has 4 rings (SSSR count). The third-order valence-electron chi connectivity index (χ3n) is 5.61. The first-order chi connectivity index (χ1) is 13.0. The lowest BCUT2D eigenvalue weighted by atomic mass is 9.74. The summed E-state index contributed by atoms with van der Waals surface area (Å²) in [7, 11) is 1.69. The highest BCUT2D eigenvalue weighted by atomic mass is 35.5. The van der Waals surface area contributed by atoms with Crippen molar-refractivity contribution in [3.8, 4) is 11.1 Å². The molecule has 1 fully saturated rings. The van der Waals surface area contributed by atoms with Crippen molar-refractivity contribution in [2.45, 2.75) is 18.4 Å². The van der Waals surface area contributed by atoms with Crippen molar-refractivity contribution in [1.29, 1.82) is 0 Å². The maximum atomic E-state index is 13.3. The van der Waals surface area contributed by atoms with Crippen molar-refractivity contribution >= 4 is 23.5 Å². The summed E-state index contributed by atoms with van der Waals surface area (Å²) in [6, 6.07) is 15.7. The molecule has 0 saturated carbocycles. The number of halogens is 1. The van der Waals surface area contributed by atoms with Crippen LogP contribution in [0.25, 0.3) is 11.1 Å². The summed E-state index contributed by atoms with van der Waals surface area (Å²) < 4.78 is 0. The van der Waals surface area contributed by atoms with Crippen molar-refractivity contribution in [2.24, 2.45) is 16.6 Å². The number of nitrogens with two attached hydrogens (primary N) is 1. The van der Waals surface area contributed by atoms with Gasteiger partial charge < -0.3 is 11.1 Å². The van der Waals surface area contributed by atoms with Gasteiger partial charge in [0.15, 0.2) is 11.5 Å². The van der Waals surface area contributed by atoms with Crippen LogP contribution in [0.3, 0.4) is 0 Å². The number of carbonyl (C=O) groups excluding carboxylic acids is 1. The smallest absolute Gasteiger partial charge is 0.262 e. The number of nitrogens with one attached hydrogen (secondary N) is 1. The van der Waals surface area contributed by atoms with Crippen molar-refractivity contribution in [3.05, 3.63) is 59.1 Å². The number of likely N-dealkylation sites (N-methyl/N-ethyl adjacent to an activating group) is 1. The monoisotopic (exact) mass is 382 g/mol. The largest absolute Gasteiger partial charge is 0.369 e. The van der Waals surface area contributed by atoms with Crippen LogP contribution in [0.4, 0.5) is 0 Å². The zero-order valence-electron chi connectivity index (χ0n) is 15.3. The Kier molecular flexibility index (Phi) is 4.66. The molecule has 0 aliphatic carbocycles. The van der Waals surface area contributed by atoms with Gasteiger partial charge in [0.05, 0.1) is 0 Å². The van der Waals surface area contributed by atoms with E-state index in [1.165, 1.54) is 4.90 Å². The van der Waals surface area contributed by atoms with Crippen LogP contribution in [0.1, 0.15) is 18.4 Å². The summed E-state index contributed by atoms with van der Waals surface area (Å²) in [4.78, 5) is 19.5. The predicted octanol–water partition coefficient (Wildman–Crippen LogP) is 2.99. The van der Waals surface area contributed by atoms with Gasteiger partial charge in [-0.3, -0.25) is 9.69 Å². The summed E-state index contributed by atoms with van der Waals surface area (Å²) in [5, 5.41) is 4.10. The van der Waals surface area contributed by atoms with Crippen molar-refractivity contribution < 1.29 is 4.79 Å². The van der Waals surface area contributed by atoms with Crippen molar-refractivity contribution in [1.82, 2.24) is 10.2 Å². The molecule has 2 atom stereocenters. The standard InChI is InChI=1S/C21H23ClN4O/c1-26-19(27)21(25-20(26)23,17-8-4-10-24-13-17)16-7-2-5-14(11-16)15-6-3-9-18(22)12-15/h2-3,5-7,9,11-12,17,24H,4,8,10,13H2,1H3,(H2,23,25). The molecule has 0 bridgehead atoms. The maximum absolute atomic E-state index is 13.3. The molecule has 5 nitrogen and oxygen atoms in total. The molecule has 2 aromatic rings. The number of aliphatic imine (C=N–C) groups is 1. The molecule has 3 N–H and O–H groups in total. The molecule has 2 aliphatic heterocycles. The van der Waals surface area contributed by atoms with Crippen molar-refractivity contribution in [3.63, 3.8) is 0 Å². The number of hydrogen-bond acceptors (Lipinski definition) is 4. The van der Waals surface area contributed by atoms with Gasteiger partial charge in [-0.05, 0) is 54.3 Å². The van der Waals surface area contributed by atoms with Gasteiger partial charge >= 0.3 is 0 Å². The second-order valence-corrected chi connectivity index (χ2v) is 7.67. The average molecular weight is 383 g/mol. The topological polar surface area (TPSA) is 70.7 Å². The Morgan fingerprint density at radius 2 is 1.96 bits per heavy atom. The predicted molar refractivity (Wildman–Crippen MR) is 109 cm³/mol. The number of benzene rings is 2. The molecule has 2 aliphatic rings. The minimum atomic E-state index is -0.971. The average Bonchev–Trinajstić information content (AvgIpc) is 2.94. The van der Waals surface area contributed by atoms with Crippen LogP contribution in [0.15, 0.2) is 53.5 Å². The molecule has 6 heteroatoms. The number of piperidine rings is 1. The van der Waals surface area contributed by atoms with E-state index in [4.69, 9.17) is 22.3 Å². The second kappa shape index (κ2) is 6.98. The van der Waals surface area contributed by atoms with Gasteiger partial charge in [0.25, 0.3) is 5.91 Å². The fourth-order valence-electron chi connectivity index (χ4n) is 4.17. The molecule has 1 amide bonds. The van der Waals surface area contributed by atoms with Gasteiger partial charge in [-0.15, -0.1) is 0 Å². The van der Waals surface area contributed by atoms with Gasteiger partial charge in [0, 0.05) is 24.5 Å². The number of guanidine groups is 1. The third kappa shape index (κ3) is 3.01. The van der Waals surface area contributed by atoms with Crippen LogP contribution >= 0.6 is 11.6 Å². The molecule has 0 spiro atoms. The molecule has 2 unspecified atom stereocenters. The van der Waals surface area contributed by atoms with Crippen molar-refractivity contribution in [2.75, 3.05) is 20.1 Å². The molecule has 27 heavy (non-hydrogen) atoms. The fourth-order valence-corrected chi connectivity index (χ4v) is 4.36. The van der Waals surface area contributed by atoms with Crippen LogP contribution in [0, 0.1) is 5.92 Å². The Hall–Kier alpha value is -2.37. The fraction of sp³-hybridized carbons (Fsp3) is 0.333. The van der Waals surface area contributed by atoms with E-state index in [0.717, 1.165) is 42.6 Å².